The zero-order valence-corrected chi connectivity index (χ0v) is 18.1. The third-order valence-electron chi connectivity index (χ3n) is 5.67. The summed E-state index contributed by atoms with van der Waals surface area (Å²) in [6.45, 7) is 3.32. The second-order valence-corrected chi connectivity index (χ2v) is 8.56. The molecule has 2 N–H and O–H groups in total. The summed E-state index contributed by atoms with van der Waals surface area (Å²) in [5, 5.41) is 6.55. The van der Waals surface area contributed by atoms with Crippen molar-refractivity contribution in [3.63, 3.8) is 0 Å². The Morgan fingerprint density at radius 3 is 2.52 bits per heavy atom. The van der Waals surface area contributed by atoms with Gasteiger partial charge in [-0.2, -0.15) is 27.1 Å². The molecule has 0 spiro atoms. The third-order valence-corrected chi connectivity index (χ3v) is 6.09. The lowest BCUT2D eigenvalue weighted by Gasteiger charge is -2.20. The smallest absolute Gasteiger partial charge is 0.348 e. The second-order valence-electron chi connectivity index (χ2n) is 8.15. The van der Waals surface area contributed by atoms with Crippen LogP contribution in [-0.2, 0) is 5.92 Å². The highest BCUT2D eigenvalue weighted by molar-refractivity contribution is 6.31. The van der Waals surface area contributed by atoms with Crippen LogP contribution in [0.3, 0.4) is 0 Å². The van der Waals surface area contributed by atoms with Gasteiger partial charge in [-0.25, -0.2) is 4.52 Å². The van der Waals surface area contributed by atoms with Gasteiger partial charge in [0.1, 0.15) is 5.52 Å². The quantitative estimate of drug-likeness (QED) is 0.505. The molecule has 176 valence electrons. The molecule has 1 amide bonds. The van der Waals surface area contributed by atoms with E-state index in [1.807, 2.05) is 0 Å². The topological polar surface area (TPSA) is 79.3 Å². The molecule has 1 aliphatic rings. The average molecular weight is 489 g/mol. The number of benzene rings is 1. The van der Waals surface area contributed by atoms with Gasteiger partial charge in [0.2, 0.25) is 0 Å². The Kier molecular flexibility index (Phi) is 5.50. The van der Waals surface area contributed by atoms with Gasteiger partial charge in [-0.1, -0.05) is 17.7 Å². The Morgan fingerprint density at radius 2 is 1.94 bits per heavy atom. The zero-order valence-electron chi connectivity index (χ0n) is 17.4. The van der Waals surface area contributed by atoms with E-state index in [2.05, 4.69) is 15.4 Å². The molecule has 1 aliphatic carbocycles. The highest BCUT2D eigenvalue weighted by atomic mass is 35.5. The van der Waals surface area contributed by atoms with Gasteiger partial charge in [-0.3, -0.25) is 9.59 Å². The summed E-state index contributed by atoms with van der Waals surface area (Å²) in [6, 6.07) is 4.23. The van der Waals surface area contributed by atoms with E-state index in [9.17, 15) is 31.5 Å². The summed E-state index contributed by atoms with van der Waals surface area (Å²) < 4.78 is 69.5. The number of hydrogen-bond acceptors (Lipinski definition) is 3. The highest BCUT2D eigenvalue weighted by Gasteiger charge is 2.62. The normalized spacial score (nSPS) is 15.6. The fourth-order valence-corrected chi connectivity index (χ4v) is 3.75. The van der Waals surface area contributed by atoms with Crippen LogP contribution in [0.2, 0.25) is 5.02 Å². The van der Waals surface area contributed by atoms with Crippen molar-refractivity contribution in [1.29, 1.82) is 0 Å². The van der Waals surface area contributed by atoms with Crippen LogP contribution in [-0.4, -0.2) is 32.7 Å². The number of alkyl halides is 5. The molecule has 1 saturated carbocycles. The molecule has 33 heavy (non-hydrogen) atoms. The molecule has 1 aromatic carbocycles. The van der Waals surface area contributed by atoms with E-state index < -0.39 is 46.4 Å². The molecule has 0 saturated heterocycles. The summed E-state index contributed by atoms with van der Waals surface area (Å²) in [7, 11) is 0. The molecule has 0 aliphatic heterocycles. The van der Waals surface area contributed by atoms with Crippen LogP contribution < -0.4 is 10.9 Å². The van der Waals surface area contributed by atoms with Crippen molar-refractivity contribution in [3.05, 3.63) is 56.6 Å². The Morgan fingerprint density at radius 1 is 1.27 bits per heavy atom. The van der Waals surface area contributed by atoms with Crippen LogP contribution in [0.15, 0.2) is 29.2 Å². The van der Waals surface area contributed by atoms with Crippen molar-refractivity contribution in [2.24, 2.45) is 5.92 Å². The Hall–Kier alpha value is -2.95. The minimum atomic E-state index is -6.05. The van der Waals surface area contributed by atoms with Gasteiger partial charge in [0.25, 0.3) is 11.5 Å². The number of fused-ring (bicyclic) bond motifs is 1. The van der Waals surface area contributed by atoms with Gasteiger partial charge in [0, 0.05) is 11.1 Å². The van der Waals surface area contributed by atoms with E-state index in [0.29, 0.717) is 20.7 Å². The molecule has 0 bridgehead atoms. The number of carbonyl (C=O) groups is 1. The van der Waals surface area contributed by atoms with E-state index in [1.165, 1.54) is 6.07 Å². The van der Waals surface area contributed by atoms with Crippen molar-refractivity contribution < 1.29 is 26.7 Å². The van der Waals surface area contributed by atoms with Crippen molar-refractivity contribution in [2.75, 3.05) is 0 Å². The number of halogens is 6. The summed E-state index contributed by atoms with van der Waals surface area (Å²) in [4.78, 5) is 27.7. The summed E-state index contributed by atoms with van der Waals surface area (Å²) in [6.07, 6.45) is -3.36. The lowest BCUT2D eigenvalue weighted by molar-refractivity contribution is -0.288. The minimum Gasteiger partial charge on any atom is -0.348 e. The molecule has 12 heteroatoms. The predicted octanol–water partition coefficient (Wildman–Crippen LogP) is 4.83. The van der Waals surface area contributed by atoms with E-state index in [-0.39, 0.29) is 11.6 Å². The van der Waals surface area contributed by atoms with Gasteiger partial charge < -0.3 is 10.3 Å². The molecule has 1 fully saturated rings. The number of aromatic amines is 1. The standard InChI is InChI=1S/C21H18ClF5N4O2/c1-9-7-12(5-6-13(9)22)14-8-31-17(19(33)29-14)15(20(23,24)21(25,26)27)16(30-31)18(32)28-10(2)11-3-4-11/h5-8,10-11H,3-4H2,1-2H3,(H,28,32)(H,29,33)/t10-/m0/s1. The average Bonchev–Trinajstić information content (AvgIpc) is 3.48. The van der Waals surface area contributed by atoms with Gasteiger partial charge in [0.15, 0.2) is 5.69 Å². The maximum absolute atomic E-state index is 14.5. The van der Waals surface area contributed by atoms with Crippen LogP contribution in [0.25, 0.3) is 16.8 Å². The van der Waals surface area contributed by atoms with E-state index >= 15 is 0 Å². The van der Waals surface area contributed by atoms with Crippen LogP contribution in [0.1, 0.15) is 41.4 Å². The molecule has 3 aromatic rings. The fraction of sp³-hybridized carbons (Fsp3) is 0.381. The minimum absolute atomic E-state index is 0.0925. The molecule has 0 unspecified atom stereocenters. The number of nitrogens with one attached hydrogen (secondary N) is 2. The summed E-state index contributed by atoms with van der Waals surface area (Å²) >= 11 is 5.99. The van der Waals surface area contributed by atoms with Gasteiger partial charge in [-0.05, 0) is 55.9 Å². The molecule has 2 heterocycles. The number of aryl methyl sites for hydroxylation is 1. The Balaban J connectivity index is 1.92. The first-order valence-electron chi connectivity index (χ1n) is 9.99. The van der Waals surface area contributed by atoms with Crippen molar-refractivity contribution in [3.8, 4) is 11.3 Å². The third kappa shape index (κ3) is 4.09. The van der Waals surface area contributed by atoms with E-state index in [4.69, 9.17) is 11.6 Å². The predicted molar refractivity (Wildman–Crippen MR) is 111 cm³/mol. The largest absolute Gasteiger partial charge is 0.458 e. The maximum atomic E-state index is 14.5. The van der Waals surface area contributed by atoms with Gasteiger partial charge in [-0.15, -0.1) is 0 Å². The Labute approximate surface area is 188 Å². The number of hydrogen-bond donors (Lipinski definition) is 2. The first-order valence-corrected chi connectivity index (χ1v) is 10.4. The van der Waals surface area contributed by atoms with Crippen molar-refractivity contribution in [1.82, 2.24) is 19.9 Å². The zero-order chi connectivity index (χ0) is 24.3. The molecule has 6 nitrogen and oxygen atoms in total. The highest BCUT2D eigenvalue weighted by Crippen LogP contribution is 2.46. The molecular weight excluding hydrogens is 471 g/mol. The SMILES string of the molecule is Cc1cc(-c2cn3nc(C(=O)N[C@@H](C)C4CC4)c(C(F)(F)C(F)(F)F)c3c(=O)[nH]2)ccc1Cl. The van der Waals surface area contributed by atoms with Crippen LogP contribution in [0, 0.1) is 12.8 Å². The molecule has 2 aromatic heterocycles. The maximum Gasteiger partial charge on any atom is 0.458 e. The molecule has 1 atom stereocenters. The number of nitrogens with zero attached hydrogens (tertiary/aromatic N) is 2. The van der Waals surface area contributed by atoms with E-state index in [1.54, 1.807) is 26.0 Å². The lowest BCUT2D eigenvalue weighted by Crippen LogP contribution is -2.39. The Bertz CT molecular complexity index is 1310. The van der Waals surface area contributed by atoms with Crippen LogP contribution in [0.5, 0.6) is 0 Å². The number of amides is 1. The first kappa shape index (κ1) is 23.2. The van der Waals surface area contributed by atoms with E-state index in [0.717, 1.165) is 19.0 Å². The number of rotatable bonds is 5. The second kappa shape index (κ2) is 7.82. The first-order chi connectivity index (χ1) is 15.3. The fourth-order valence-electron chi connectivity index (χ4n) is 3.63. The number of carbonyl (C=O) groups excluding carboxylic acids is 1. The number of H-pyrrole nitrogens is 1. The molecule has 0 radical (unpaired) electrons. The van der Waals surface area contributed by atoms with Crippen LogP contribution in [0.4, 0.5) is 22.0 Å². The monoisotopic (exact) mass is 488 g/mol. The van der Waals surface area contributed by atoms with Crippen LogP contribution >= 0.6 is 11.6 Å². The van der Waals surface area contributed by atoms with Gasteiger partial charge in [0.05, 0.1) is 17.5 Å². The van der Waals surface area contributed by atoms with Crippen molar-refractivity contribution >= 4 is 23.0 Å². The summed E-state index contributed by atoms with van der Waals surface area (Å²) in [5.41, 5.74) is -4.08. The molecular formula is C21H18ClF5N4O2. The van der Waals surface area contributed by atoms with Crippen molar-refractivity contribution in [2.45, 2.75) is 44.8 Å². The summed E-state index contributed by atoms with van der Waals surface area (Å²) in [5.74, 6) is -6.59. The lowest BCUT2D eigenvalue weighted by atomic mass is 10.0. The van der Waals surface area contributed by atoms with Gasteiger partial charge >= 0.3 is 12.1 Å². The molecule has 4 rings (SSSR count). The number of aromatic nitrogens is 3.